The van der Waals surface area contributed by atoms with Crippen molar-refractivity contribution in [1.82, 2.24) is 19.6 Å². The van der Waals surface area contributed by atoms with Crippen molar-refractivity contribution in [2.24, 2.45) is 5.92 Å². The average Bonchev–Trinajstić information content (AvgIpc) is 2.99. The number of hydrogen-bond acceptors (Lipinski definition) is 3. The average molecular weight is 346 g/mol. The number of carbonyl (C=O) groups is 2. The molecule has 2 fully saturated rings. The van der Waals surface area contributed by atoms with E-state index in [-0.39, 0.29) is 17.9 Å². The summed E-state index contributed by atoms with van der Waals surface area (Å²) in [6.45, 7) is 8.39. The standard InChI is InChI=1S/C19H30N4O2/c1-14-13-15(2)23(20-14)16(3)18(24)21-9-11-22(12-10-21)19(25)17-7-5-4-6-8-17/h13,16-17H,4-12H2,1-3H3. The lowest BCUT2D eigenvalue weighted by Gasteiger charge is -2.38. The molecular formula is C19H30N4O2. The Kier molecular flexibility index (Phi) is 5.45. The van der Waals surface area contributed by atoms with Gasteiger partial charge in [0.2, 0.25) is 11.8 Å². The van der Waals surface area contributed by atoms with Crippen LogP contribution in [-0.4, -0.2) is 57.6 Å². The molecule has 1 aliphatic carbocycles. The van der Waals surface area contributed by atoms with Gasteiger partial charge in [0.15, 0.2) is 0 Å². The van der Waals surface area contributed by atoms with Crippen LogP contribution in [0, 0.1) is 19.8 Å². The van der Waals surface area contributed by atoms with E-state index in [1.165, 1.54) is 19.3 Å². The Bertz CT molecular complexity index is 625. The largest absolute Gasteiger partial charge is 0.339 e. The van der Waals surface area contributed by atoms with Gasteiger partial charge in [-0.05, 0) is 39.7 Å². The van der Waals surface area contributed by atoms with Crippen LogP contribution in [0.2, 0.25) is 0 Å². The molecule has 138 valence electrons. The second kappa shape index (κ2) is 7.58. The third-order valence-corrected chi connectivity index (χ3v) is 5.63. The molecule has 1 saturated carbocycles. The van der Waals surface area contributed by atoms with Crippen LogP contribution in [0.25, 0.3) is 0 Å². The fourth-order valence-corrected chi connectivity index (χ4v) is 4.16. The molecule has 2 amide bonds. The summed E-state index contributed by atoms with van der Waals surface area (Å²) < 4.78 is 1.80. The second-order valence-corrected chi connectivity index (χ2v) is 7.53. The summed E-state index contributed by atoms with van der Waals surface area (Å²) in [4.78, 5) is 29.3. The zero-order chi connectivity index (χ0) is 18.0. The van der Waals surface area contributed by atoms with Crippen LogP contribution >= 0.6 is 0 Å². The van der Waals surface area contributed by atoms with Crippen molar-refractivity contribution in [3.05, 3.63) is 17.5 Å². The minimum absolute atomic E-state index is 0.0935. The minimum atomic E-state index is -0.297. The molecule has 3 rings (SSSR count). The summed E-state index contributed by atoms with van der Waals surface area (Å²) in [7, 11) is 0. The number of aryl methyl sites for hydroxylation is 2. The first kappa shape index (κ1) is 18.0. The van der Waals surface area contributed by atoms with E-state index >= 15 is 0 Å². The number of hydrogen-bond donors (Lipinski definition) is 0. The Morgan fingerprint density at radius 1 is 1.04 bits per heavy atom. The maximum atomic E-state index is 12.8. The van der Waals surface area contributed by atoms with E-state index in [0.29, 0.717) is 32.1 Å². The quantitative estimate of drug-likeness (QED) is 0.844. The van der Waals surface area contributed by atoms with Crippen molar-refractivity contribution in [1.29, 1.82) is 0 Å². The zero-order valence-corrected chi connectivity index (χ0v) is 15.7. The van der Waals surface area contributed by atoms with E-state index in [4.69, 9.17) is 0 Å². The van der Waals surface area contributed by atoms with Crippen molar-refractivity contribution in [2.45, 2.75) is 58.9 Å². The predicted octanol–water partition coefficient (Wildman–Crippen LogP) is 2.31. The van der Waals surface area contributed by atoms with E-state index in [0.717, 1.165) is 24.2 Å². The molecule has 0 spiro atoms. The molecule has 1 saturated heterocycles. The fourth-order valence-electron chi connectivity index (χ4n) is 4.16. The molecular weight excluding hydrogens is 316 g/mol. The number of nitrogens with zero attached hydrogens (tertiary/aromatic N) is 4. The summed E-state index contributed by atoms with van der Waals surface area (Å²) in [6, 6.07) is 1.69. The molecule has 1 aliphatic heterocycles. The van der Waals surface area contributed by atoms with Gasteiger partial charge in [0.1, 0.15) is 6.04 Å². The van der Waals surface area contributed by atoms with Crippen LogP contribution in [0.4, 0.5) is 0 Å². The lowest BCUT2D eigenvalue weighted by atomic mass is 9.88. The lowest BCUT2D eigenvalue weighted by Crippen LogP contribution is -2.53. The molecule has 0 bridgehead atoms. The van der Waals surface area contributed by atoms with Crippen LogP contribution < -0.4 is 0 Å². The van der Waals surface area contributed by atoms with Crippen LogP contribution in [0.1, 0.15) is 56.5 Å². The van der Waals surface area contributed by atoms with Gasteiger partial charge in [-0.25, -0.2) is 0 Å². The number of piperazine rings is 1. The molecule has 1 atom stereocenters. The molecule has 6 heteroatoms. The number of amides is 2. The van der Waals surface area contributed by atoms with Crippen molar-refractivity contribution in [3.63, 3.8) is 0 Å². The summed E-state index contributed by atoms with van der Waals surface area (Å²) >= 11 is 0. The van der Waals surface area contributed by atoms with Crippen molar-refractivity contribution in [3.8, 4) is 0 Å². The number of aromatic nitrogens is 2. The second-order valence-electron chi connectivity index (χ2n) is 7.53. The Balaban J connectivity index is 1.55. The van der Waals surface area contributed by atoms with E-state index in [9.17, 15) is 9.59 Å². The maximum absolute atomic E-state index is 12.8. The molecule has 1 aromatic rings. The summed E-state index contributed by atoms with van der Waals surface area (Å²) in [5.41, 5.74) is 1.93. The van der Waals surface area contributed by atoms with Crippen LogP contribution in [0.5, 0.6) is 0 Å². The Morgan fingerprint density at radius 2 is 1.64 bits per heavy atom. The topological polar surface area (TPSA) is 58.4 Å². The Labute approximate surface area is 150 Å². The van der Waals surface area contributed by atoms with Gasteiger partial charge < -0.3 is 9.80 Å². The Morgan fingerprint density at radius 3 is 2.20 bits per heavy atom. The highest BCUT2D eigenvalue weighted by atomic mass is 16.2. The van der Waals surface area contributed by atoms with Gasteiger partial charge in [-0.1, -0.05) is 19.3 Å². The molecule has 0 radical (unpaired) electrons. The fraction of sp³-hybridized carbons (Fsp3) is 0.737. The smallest absolute Gasteiger partial charge is 0.247 e. The molecule has 2 heterocycles. The van der Waals surface area contributed by atoms with Gasteiger partial charge in [0.25, 0.3) is 0 Å². The number of rotatable bonds is 3. The zero-order valence-electron chi connectivity index (χ0n) is 15.7. The SMILES string of the molecule is Cc1cc(C)n(C(C)C(=O)N2CCN(C(=O)C3CCCCC3)CC2)n1. The molecule has 6 nitrogen and oxygen atoms in total. The predicted molar refractivity (Wildman–Crippen MR) is 96.1 cm³/mol. The molecule has 1 aromatic heterocycles. The monoisotopic (exact) mass is 346 g/mol. The van der Waals surface area contributed by atoms with Crippen LogP contribution in [0.15, 0.2) is 6.07 Å². The molecule has 0 N–H and O–H groups in total. The molecule has 0 aromatic carbocycles. The first-order valence-electron chi connectivity index (χ1n) is 9.57. The van der Waals surface area contributed by atoms with E-state index < -0.39 is 0 Å². The van der Waals surface area contributed by atoms with E-state index in [1.54, 1.807) is 4.68 Å². The van der Waals surface area contributed by atoms with Gasteiger partial charge in [-0.15, -0.1) is 0 Å². The summed E-state index contributed by atoms with van der Waals surface area (Å²) in [5, 5.41) is 4.44. The van der Waals surface area contributed by atoms with Crippen molar-refractivity contribution in [2.75, 3.05) is 26.2 Å². The third-order valence-electron chi connectivity index (χ3n) is 5.63. The molecule has 1 unspecified atom stereocenters. The highest BCUT2D eigenvalue weighted by molar-refractivity contribution is 5.81. The van der Waals surface area contributed by atoms with Gasteiger partial charge >= 0.3 is 0 Å². The van der Waals surface area contributed by atoms with Gasteiger partial charge in [0, 0.05) is 37.8 Å². The lowest BCUT2D eigenvalue weighted by molar-refractivity contribution is -0.144. The third kappa shape index (κ3) is 3.88. The van der Waals surface area contributed by atoms with Crippen LogP contribution in [-0.2, 0) is 9.59 Å². The van der Waals surface area contributed by atoms with Gasteiger partial charge in [-0.2, -0.15) is 5.10 Å². The first-order chi connectivity index (χ1) is 12.0. The summed E-state index contributed by atoms with van der Waals surface area (Å²) in [6.07, 6.45) is 5.68. The molecule has 2 aliphatic rings. The minimum Gasteiger partial charge on any atom is -0.339 e. The number of carbonyl (C=O) groups excluding carboxylic acids is 2. The van der Waals surface area contributed by atoms with Crippen LogP contribution in [0.3, 0.4) is 0 Å². The van der Waals surface area contributed by atoms with Gasteiger partial charge in [0.05, 0.1) is 5.69 Å². The highest BCUT2D eigenvalue weighted by Crippen LogP contribution is 2.26. The van der Waals surface area contributed by atoms with Gasteiger partial charge in [-0.3, -0.25) is 14.3 Å². The van der Waals surface area contributed by atoms with E-state index in [2.05, 4.69) is 5.10 Å². The first-order valence-corrected chi connectivity index (χ1v) is 9.57. The maximum Gasteiger partial charge on any atom is 0.247 e. The summed E-state index contributed by atoms with van der Waals surface area (Å²) in [5.74, 6) is 0.610. The van der Waals surface area contributed by atoms with Crippen molar-refractivity contribution < 1.29 is 9.59 Å². The highest BCUT2D eigenvalue weighted by Gasteiger charge is 2.31. The van der Waals surface area contributed by atoms with E-state index in [1.807, 2.05) is 36.6 Å². The Hall–Kier alpha value is -1.85. The molecule has 25 heavy (non-hydrogen) atoms. The normalized spacial score (nSPS) is 20.6. The van der Waals surface area contributed by atoms with Crippen molar-refractivity contribution >= 4 is 11.8 Å².